The topological polar surface area (TPSA) is 117 Å². The summed E-state index contributed by atoms with van der Waals surface area (Å²) in [6.07, 6.45) is 0.594. The molecule has 0 spiro atoms. The summed E-state index contributed by atoms with van der Waals surface area (Å²) in [7, 11) is -0.0198. The van der Waals surface area contributed by atoms with Gasteiger partial charge in [0.15, 0.2) is 11.5 Å². The van der Waals surface area contributed by atoms with Gasteiger partial charge in [-0.05, 0) is 60.9 Å². The third-order valence-electron chi connectivity index (χ3n) is 7.25. The number of benzene rings is 3. The summed E-state index contributed by atoms with van der Waals surface area (Å²) in [6.45, 7) is 4.85. The first kappa shape index (κ1) is 31.0. The van der Waals surface area contributed by atoms with Gasteiger partial charge >= 0.3 is 0 Å². The minimum Gasteiger partial charge on any atom is -0.493 e. The largest absolute Gasteiger partial charge is 0.493 e. The normalized spacial score (nSPS) is 14.3. The fourth-order valence-electron chi connectivity index (χ4n) is 4.85. The van der Waals surface area contributed by atoms with Crippen molar-refractivity contribution in [2.45, 2.75) is 19.9 Å². The lowest BCUT2D eigenvalue weighted by atomic mass is 10.1. The molecular formula is C31H38N4O6S. The summed E-state index contributed by atoms with van der Waals surface area (Å²) in [5, 5.41) is 5.81. The van der Waals surface area contributed by atoms with E-state index < -0.39 is 10.0 Å². The van der Waals surface area contributed by atoms with Gasteiger partial charge in [-0.1, -0.05) is 30.3 Å². The molecule has 42 heavy (non-hydrogen) atoms. The van der Waals surface area contributed by atoms with Crippen LogP contribution in [0, 0.1) is 0 Å². The second-order valence-electron chi connectivity index (χ2n) is 9.97. The molecule has 1 aliphatic rings. The summed E-state index contributed by atoms with van der Waals surface area (Å²) in [5.74, 6) is 0.770. The zero-order chi connectivity index (χ0) is 30.1. The van der Waals surface area contributed by atoms with E-state index >= 15 is 0 Å². The number of methoxy groups -OCH3 is 2. The Morgan fingerprint density at radius 3 is 2.29 bits per heavy atom. The first-order valence-corrected chi connectivity index (χ1v) is 15.5. The van der Waals surface area contributed by atoms with Crippen LogP contribution < -0.4 is 20.1 Å². The molecule has 3 aromatic carbocycles. The lowest BCUT2D eigenvalue weighted by Crippen LogP contribution is -2.48. The number of sulfonamides is 1. The van der Waals surface area contributed by atoms with Crippen LogP contribution in [-0.4, -0.2) is 82.1 Å². The quantitative estimate of drug-likeness (QED) is 0.330. The van der Waals surface area contributed by atoms with E-state index in [9.17, 15) is 18.0 Å². The van der Waals surface area contributed by atoms with Crippen molar-refractivity contribution in [2.75, 3.05) is 58.0 Å². The molecule has 1 aliphatic heterocycles. The van der Waals surface area contributed by atoms with Crippen molar-refractivity contribution in [3.8, 4) is 11.5 Å². The van der Waals surface area contributed by atoms with E-state index in [4.69, 9.17) is 9.47 Å². The third kappa shape index (κ3) is 7.87. The van der Waals surface area contributed by atoms with Crippen molar-refractivity contribution in [2.24, 2.45) is 0 Å². The number of anilines is 1. The van der Waals surface area contributed by atoms with Gasteiger partial charge < -0.3 is 20.1 Å². The van der Waals surface area contributed by atoms with Crippen molar-refractivity contribution >= 4 is 27.5 Å². The minimum atomic E-state index is -3.18. The Bertz CT molecular complexity index is 1500. The number of rotatable bonds is 12. The van der Waals surface area contributed by atoms with Gasteiger partial charge in [-0.3, -0.25) is 14.5 Å². The number of nitrogens with one attached hydrogen (secondary N) is 2. The van der Waals surface area contributed by atoms with E-state index in [0.29, 0.717) is 74.0 Å². The Labute approximate surface area is 247 Å². The number of nitrogens with zero attached hydrogens (tertiary/aromatic N) is 2. The highest BCUT2D eigenvalue weighted by Gasteiger charge is 2.25. The summed E-state index contributed by atoms with van der Waals surface area (Å²) in [5.41, 5.74) is 3.21. The van der Waals surface area contributed by atoms with Crippen molar-refractivity contribution < 1.29 is 27.5 Å². The maximum Gasteiger partial charge on any atom is 0.255 e. The first-order chi connectivity index (χ1) is 20.2. The fourth-order valence-corrected chi connectivity index (χ4v) is 5.94. The number of ether oxygens (including phenoxy) is 2. The van der Waals surface area contributed by atoms with Crippen LogP contribution in [0.4, 0.5) is 5.69 Å². The SMILES string of the molecule is CCS(=O)(=O)N1CCN(Cc2cccc(C(=O)Nc3ccccc3C(=O)NCCc3ccc(OC)c(OC)c3)c2)CC1. The van der Waals surface area contributed by atoms with Crippen LogP contribution >= 0.6 is 0 Å². The fraction of sp³-hybridized carbons (Fsp3) is 0.355. The lowest BCUT2D eigenvalue weighted by molar-refractivity contribution is 0.0955. The molecule has 0 aromatic heterocycles. The molecule has 0 atom stereocenters. The van der Waals surface area contributed by atoms with Gasteiger partial charge in [-0.25, -0.2) is 8.42 Å². The molecule has 0 saturated carbocycles. The molecule has 0 radical (unpaired) electrons. The molecule has 11 heteroatoms. The summed E-state index contributed by atoms with van der Waals surface area (Å²) >= 11 is 0. The van der Waals surface area contributed by atoms with E-state index in [2.05, 4.69) is 15.5 Å². The zero-order valence-corrected chi connectivity index (χ0v) is 25.1. The maximum absolute atomic E-state index is 13.2. The lowest BCUT2D eigenvalue weighted by Gasteiger charge is -2.33. The van der Waals surface area contributed by atoms with E-state index in [1.807, 2.05) is 36.4 Å². The molecule has 1 saturated heterocycles. The van der Waals surface area contributed by atoms with Crippen molar-refractivity contribution in [1.82, 2.24) is 14.5 Å². The zero-order valence-electron chi connectivity index (χ0n) is 24.3. The van der Waals surface area contributed by atoms with Crippen molar-refractivity contribution in [1.29, 1.82) is 0 Å². The van der Waals surface area contributed by atoms with Gasteiger partial charge in [0.1, 0.15) is 0 Å². The van der Waals surface area contributed by atoms with Crippen molar-refractivity contribution in [3.05, 3.63) is 89.0 Å². The predicted octanol–water partition coefficient (Wildman–Crippen LogP) is 3.40. The number of carbonyl (C=O) groups excluding carboxylic acids is 2. The van der Waals surface area contributed by atoms with Gasteiger partial charge in [-0.15, -0.1) is 0 Å². The molecule has 0 bridgehead atoms. The highest BCUT2D eigenvalue weighted by Crippen LogP contribution is 2.27. The average molecular weight is 595 g/mol. The van der Waals surface area contributed by atoms with Gasteiger partial charge in [0.2, 0.25) is 10.0 Å². The maximum atomic E-state index is 13.2. The summed E-state index contributed by atoms with van der Waals surface area (Å²) < 4.78 is 36.4. The number of carbonyl (C=O) groups is 2. The standard InChI is InChI=1S/C31H38N4O6S/c1-4-42(38,39)35-18-16-34(17-19-35)22-24-8-7-9-25(20-24)30(36)33-27-11-6-5-10-26(27)31(37)32-15-14-23-12-13-28(40-2)29(21-23)41-3/h5-13,20-21H,4,14-19,22H2,1-3H3,(H,32,37)(H,33,36). The van der Waals surface area contributed by atoms with Crippen LogP contribution in [0.5, 0.6) is 11.5 Å². The third-order valence-corrected chi connectivity index (χ3v) is 9.13. The number of para-hydroxylation sites is 1. The molecule has 4 rings (SSSR count). The van der Waals surface area contributed by atoms with Crippen LogP contribution in [0.2, 0.25) is 0 Å². The second-order valence-corrected chi connectivity index (χ2v) is 12.2. The van der Waals surface area contributed by atoms with Crippen molar-refractivity contribution in [3.63, 3.8) is 0 Å². The first-order valence-electron chi connectivity index (χ1n) is 13.9. The second kappa shape index (κ2) is 14.3. The van der Waals surface area contributed by atoms with E-state index in [0.717, 1.165) is 11.1 Å². The summed E-state index contributed by atoms with van der Waals surface area (Å²) in [6, 6.07) is 19.9. The minimum absolute atomic E-state index is 0.105. The number of piperazine rings is 1. The van der Waals surface area contributed by atoms with Gasteiger partial charge in [0, 0.05) is 44.8 Å². The van der Waals surface area contributed by atoms with Crippen LogP contribution in [0.15, 0.2) is 66.7 Å². The van der Waals surface area contributed by atoms with E-state index in [1.165, 1.54) is 4.31 Å². The number of amides is 2. The highest BCUT2D eigenvalue weighted by atomic mass is 32.2. The molecule has 1 heterocycles. The Hall–Kier alpha value is -3.93. The number of hydrogen-bond donors (Lipinski definition) is 2. The molecule has 224 valence electrons. The van der Waals surface area contributed by atoms with Crippen LogP contribution in [0.25, 0.3) is 0 Å². The van der Waals surface area contributed by atoms with E-state index in [-0.39, 0.29) is 17.6 Å². The van der Waals surface area contributed by atoms with Crippen LogP contribution in [-0.2, 0) is 23.0 Å². The Morgan fingerprint density at radius 2 is 1.57 bits per heavy atom. The molecule has 3 aromatic rings. The molecule has 1 fully saturated rings. The smallest absolute Gasteiger partial charge is 0.255 e. The van der Waals surface area contributed by atoms with Gasteiger partial charge in [0.25, 0.3) is 11.8 Å². The molecule has 10 nitrogen and oxygen atoms in total. The summed E-state index contributed by atoms with van der Waals surface area (Å²) in [4.78, 5) is 28.4. The Balaban J connectivity index is 1.34. The van der Waals surface area contributed by atoms with Crippen LogP contribution in [0.1, 0.15) is 38.8 Å². The highest BCUT2D eigenvalue weighted by molar-refractivity contribution is 7.89. The molecule has 2 amide bonds. The average Bonchev–Trinajstić information content (AvgIpc) is 3.01. The van der Waals surface area contributed by atoms with Gasteiger partial charge in [0.05, 0.1) is 31.2 Å². The molecule has 0 aliphatic carbocycles. The predicted molar refractivity (Wildman–Crippen MR) is 163 cm³/mol. The van der Waals surface area contributed by atoms with E-state index in [1.54, 1.807) is 51.5 Å². The molecular weight excluding hydrogens is 556 g/mol. The molecule has 0 unspecified atom stereocenters. The number of hydrogen-bond acceptors (Lipinski definition) is 7. The Morgan fingerprint density at radius 1 is 0.833 bits per heavy atom. The molecule has 2 N–H and O–H groups in total. The Kier molecular flexibility index (Phi) is 10.6. The monoisotopic (exact) mass is 594 g/mol. The van der Waals surface area contributed by atoms with Gasteiger partial charge in [-0.2, -0.15) is 4.31 Å². The van der Waals surface area contributed by atoms with Crippen LogP contribution in [0.3, 0.4) is 0 Å².